The quantitative estimate of drug-likeness (QED) is 0.886. The fourth-order valence-corrected chi connectivity index (χ4v) is 1.71. The van der Waals surface area contributed by atoms with Crippen LogP contribution >= 0.6 is 11.6 Å². The maximum absolute atomic E-state index is 9.01. The van der Waals surface area contributed by atoms with Gasteiger partial charge in [0.15, 0.2) is 0 Å². The number of aromatic nitrogens is 3. The molecule has 1 heterocycles. The number of aliphatic hydroxyl groups excluding tert-OH is 1. The van der Waals surface area contributed by atoms with E-state index in [2.05, 4.69) is 10.3 Å². The number of halogens is 1. The normalized spacial score (nSPS) is 10.7. The first-order valence-electron chi connectivity index (χ1n) is 4.95. The predicted molar refractivity (Wildman–Crippen MR) is 61.2 cm³/mol. The summed E-state index contributed by atoms with van der Waals surface area (Å²) in [4.78, 5) is 0. The minimum absolute atomic E-state index is 0.0820. The molecule has 0 aliphatic carbocycles. The Morgan fingerprint density at radius 1 is 1.44 bits per heavy atom. The zero-order chi connectivity index (χ0) is 11.5. The molecule has 0 radical (unpaired) electrons. The smallest absolute Gasteiger partial charge is 0.111 e. The van der Waals surface area contributed by atoms with Crippen molar-refractivity contribution in [1.29, 1.82) is 0 Å². The highest BCUT2D eigenvalue weighted by molar-refractivity contribution is 6.30. The van der Waals surface area contributed by atoms with Gasteiger partial charge in [-0.1, -0.05) is 28.9 Å². The predicted octanol–water partition coefficient (Wildman–Crippen LogP) is 1.78. The molecule has 16 heavy (non-hydrogen) atoms. The Morgan fingerprint density at radius 3 is 2.88 bits per heavy atom. The van der Waals surface area contributed by atoms with Crippen molar-refractivity contribution >= 4 is 11.6 Å². The molecule has 0 atom stereocenters. The molecule has 0 saturated heterocycles. The van der Waals surface area contributed by atoms with E-state index >= 15 is 0 Å². The fourth-order valence-electron chi connectivity index (χ4n) is 1.50. The summed E-state index contributed by atoms with van der Waals surface area (Å²) in [5, 5.41) is 17.6. The average Bonchev–Trinajstić information content (AvgIpc) is 2.60. The Labute approximate surface area is 98.5 Å². The maximum Gasteiger partial charge on any atom is 0.111 e. The summed E-state index contributed by atoms with van der Waals surface area (Å²) in [5.74, 6) is 0. The number of benzene rings is 1. The maximum atomic E-state index is 9.01. The van der Waals surface area contributed by atoms with Crippen molar-refractivity contribution in [3.8, 4) is 0 Å². The summed E-state index contributed by atoms with van der Waals surface area (Å²) >= 11 is 5.90. The lowest BCUT2D eigenvalue weighted by Crippen LogP contribution is -2.04. The van der Waals surface area contributed by atoms with Crippen LogP contribution in [0.25, 0.3) is 0 Å². The van der Waals surface area contributed by atoms with Crippen LogP contribution in [0.3, 0.4) is 0 Å². The Balaban J connectivity index is 2.24. The Kier molecular flexibility index (Phi) is 3.22. The van der Waals surface area contributed by atoms with Gasteiger partial charge in [0.05, 0.1) is 18.8 Å². The lowest BCUT2D eigenvalue weighted by molar-refractivity contribution is 0.276. The highest BCUT2D eigenvalue weighted by Crippen LogP contribution is 2.13. The summed E-state index contributed by atoms with van der Waals surface area (Å²) in [6, 6.07) is 7.60. The Bertz CT molecular complexity index is 496. The molecule has 1 aromatic carbocycles. The minimum Gasteiger partial charge on any atom is -0.390 e. The fraction of sp³-hybridized carbons (Fsp3) is 0.273. The van der Waals surface area contributed by atoms with E-state index < -0.39 is 0 Å². The zero-order valence-corrected chi connectivity index (χ0v) is 9.65. The SMILES string of the molecule is Cc1c(CO)nnn1Cc1cccc(Cl)c1. The Hall–Kier alpha value is -1.39. The van der Waals surface area contributed by atoms with E-state index in [1.165, 1.54) is 0 Å². The van der Waals surface area contributed by atoms with Crippen LogP contribution < -0.4 is 0 Å². The van der Waals surface area contributed by atoms with Crippen LogP contribution in [0, 0.1) is 6.92 Å². The number of hydrogen-bond donors (Lipinski definition) is 1. The molecule has 0 amide bonds. The highest BCUT2D eigenvalue weighted by atomic mass is 35.5. The largest absolute Gasteiger partial charge is 0.390 e. The monoisotopic (exact) mass is 237 g/mol. The van der Waals surface area contributed by atoms with Crippen molar-refractivity contribution in [2.45, 2.75) is 20.1 Å². The number of rotatable bonds is 3. The van der Waals surface area contributed by atoms with E-state index in [9.17, 15) is 0 Å². The summed E-state index contributed by atoms with van der Waals surface area (Å²) in [7, 11) is 0. The van der Waals surface area contributed by atoms with Crippen molar-refractivity contribution in [3.05, 3.63) is 46.2 Å². The second-order valence-electron chi connectivity index (χ2n) is 3.57. The molecule has 0 saturated carbocycles. The lowest BCUT2D eigenvalue weighted by Gasteiger charge is -2.04. The van der Waals surface area contributed by atoms with Crippen molar-refractivity contribution < 1.29 is 5.11 Å². The van der Waals surface area contributed by atoms with E-state index in [1.807, 2.05) is 31.2 Å². The summed E-state index contributed by atoms with van der Waals surface area (Å²) in [6.07, 6.45) is 0. The molecule has 2 rings (SSSR count). The minimum atomic E-state index is -0.0820. The van der Waals surface area contributed by atoms with Gasteiger partial charge >= 0.3 is 0 Å². The van der Waals surface area contributed by atoms with Gasteiger partial charge < -0.3 is 5.11 Å². The number of hydrogen-bond acceptors (Lipinski definition) is 3. The molecule has 0 aliphatic rings. The summed E-state index contributed by atoms with van der Waals surface area (Å²) in [6.45, 7) is 2.41. The molecule has 0 bridgehead atoms. The molecular weight excluding hydrogens is 226 g/mol. The van der Waals surface area contributed by atoms with Crippen LogP contribution in [0.4, 0.5) is 0 Å². The molecule has 0 unspecified atom stereocenters. The van der Waals surface area contributed by atoms with Gasteiger partial charge in [-0.2, -0.15) is 0 Å². The van der Waals surface area contributed by atoms with Gasteiger partial charge in [-0.25, -0.2) is 4.68 Å². The second-order valence-corrected chi connectivity index (χ2v) is 4.00. The summed E-state index contributed by atoms with van der Waals surface area (Å²) < 4.78 is 1.75. The van der Waals surface area contributed by atoms with E-state index in [-0.39, 0.29) is 6.61 Å². The van der Waals surface area contributed by atoms with Gasteiger partial charge in [-0.05, 0) is 24.6 Å². The molecule has 1 N–H and O–H groups in total. The number of aliphatic hydroxyl groups is 1. The van der Waals surface area contributed by atoms with Gasteiger partial charge in [0.25, 0.3) is 0 Å². The van der Waals surface area contributed by atoms with Gasteiger partial charge in [0.1, 0.15) is 5.69 Å². The average molecular weight is 238 g/mol. The molecule has 0 spiro atoms. The molecule has 84 valence electrons. The highest BCUT2D eigenvalue weighted by Gasteiger charge is 2.07. The van der Waals surface area contributed by atoms with Crippen molar-refractivity contribution in [3.63, 3.8) is 0 Å². The van der Waals surface area contributed by atoms with Crippen LogP contribution in [0.5, 0.6) is 0 Å². The third-order valence-corrected chi connectivity index (χ3v) is 2.68. The van der Waals surface area contributed by atoms with Crippen LogP contribution in [0.15, 0.2) is 24.3 Å². The standard InChI is InChI=1S/C11H12ClN3O/c1-8-11(7-16)13-14-15(8)6-9-3-2-4-10(12)5-9/h2-5,16H,6-7H2,1H3. The van der Waals surface area contributed by atoms with Crippen LogP contribution in [-0.2, 0) is 13.2 Å². The summed E-state index contributed by atoms with van der Waals surface area (Å²) in [5.41, 5.74) is 2.55. The first-order valence-corrected chi connectivity index (χ1v) is 5.33. The van der Waals surface area contributed by atoms with E-state index in [0.717, 1.165) is 11.3 Å². The molecule has 4 nitrogen and oxygen atoms in total. The van der Waals surface area contributed by atoms with E-state index in [0.29, 0.717) is 17.3 Å². The van der Waals surface area contributed by atoms with Gasteiger partial charge in [0.2, 0.25) is 0 Å². The van der Waals surface area contributed by atoms with Gasteiger partial charge in [0, 0.05) is 5.02 Å². The molecule has 0 aliphatic heterocycles. The second kappa shape index (κ2) is 4.63. The van der Waals surface area contributed by atoms with E-state index in [1.54, 1.807) is 4.68 Å². The van der Waals surface area contributed by atoms with Crippen LogP contribution in [-0.4, -0.2) is 20.1 Å². The molecule has 0 fully saturated rings. The Morgan fingerprint density at radius 2 is 2.25 bits per heavy atom. The first kappa shape index (κ1) is 11.1. The molecule has 2 aromatic rings. The topological polar surface area (TPSA) is 50.9 Å². The lowest BCUT2D eigenvalue weighted by atomic mass is 10.2. The van der Waals surface area contributed by atoms with Gasteiger partial charge in [-0.15, -0.1) is 5.10 Å². The molecular formula is C11H12ClN3O. The van der Waals surface area contributed by atoms with E-state index in [4.69, 9.17) is 16.7 Å². The van der Waals surface area contributed by atoms with Crippen LogP contribution in [0.1, 0.15) is 17.0 Å². The van der Waals surface area contributed by atoms with Gasteiger partial charge in [-0.3, -0.25) is 0 Å². The van der Waals surface area contributed by atoms with Crippen molar-refractivity contribution in [1.82, 2.24) is 15.0 Å². The van der Waals surface area contributed by atoms with Crippen LogP contribution in [0.2, 0.25) is 5.02 Å². The first-order chi connectivity index (χ1) is 7.70. The van der Waals surface area contributed by atoms with Crippen molar-refractivity contribution in [2.75, 3.05) is 0 Å². The molecule has 5 heteroatoms. The molecule has 1 aromatic heterocycles. The number of nitrogens with zero attached hydrogens (tertiary/aromatic N) is 3. The third-order valence-electron chi connectivity index (χ3n) is 2.45. The zero-order valence-electron chi connectivity index (χ0n) is 8.89. The van der Waals surface area contributed by atoms with Crippen molar-refractivity contribution in [2.24, 2.45) is 0 Å². The third kappa shape index (κ3) is 2.23.